The Labute approximate surface area is 187 Å². The summed E-state index contributed by atoms with van der Waals surface area (Å²) in [6, 6.07) is 3.62. The molecule has 1 fully saturated rings. The Morgan fingerprint density at radius 3 is 2.67 bits per heavy atom. The Morgan fingerprint density at radius 2 is 1.97 bits per heavy atom. The zero-order chi connectivity index (χ0) is 23.6. The van der Waals surface area contributed by atoms with Gasteiger partial charge in [0.2, 0.25) is 11.9 Å². The minimum Gasteiger partial charge on any atom is -0.378 e. The first kappa shape index (κ1) is 22.5. The number of alkyl halides is 3. The zero-order valence-corrected chi connectivity index (χ0v) is 18.0. The summed E-state index contributed by atoms with van der Waals surface area (Å²) in [6.45, 7) is 2.10. The van der Waals surface area contributed by atoms with Crippen LogP contribution in [0.4, 0.5) is 30.6 Å². The third kappa shape index (κ3) is 4.90. The van der Waals surface area contributed by atoms with E-state index in [1.807, 2.05) is 6.07 Å². The Bertz CT molecular complexity index is 1200. The summed E-state index contributed by atoms with van der Waals surface area (Å²) in [4.78, 5) is 21.9. The van der Waals surface area contributed by atoms with Crippen molar-refractivity contribution < 1.29 is 22.7 Å². The maximum Gasteiger partial charge on any atom is 0.421 e. The van der Waals surface area contributed by atoms with Crippen molar-refractivity contribution in [3.8, 4) is 0 Å². The second-order valence-electron chi connectivity index (χ2n) is 7.37. The predicted octanol–water partition coefficient (Wildman–Crippen LogP) is 3.04. The van der Waals surface area contributed by atoms with Crippen molar-refractivity contribution in [3.63, 3.8) is 0 Å². The number of fused-ring (bicyclic) bond motifs is 1. The topological polar surface area (TPSA) is 97.2 Å². The van der Waals surface area contributed by atoms with Gasteiger partial charge in [0.25, 0.3) is 0 Å². The highest BCUT2D eigenvalue weighted by molar-refractivity contribution is 5.97. The predicted molar refractivity (Wildman–Crippen MR) is 117 cm³/mol. The molecule has 33 heavy (non-hydrogen) atoms. The zero-order valence-electron chi connectivity index (χ0n) is 18.0. The number of rotatable bonds is 5. The van der Waals surface area contributed by atoms with Crippen LogP contribution < -0.4 is 10.6 Å². The number of nitrogens with one attached hydrogen (secondary N) is 2. The van der Waals surface area contributed by atoms with E-state index in [2.05, 4.69) is 25.7 Å². The Hall–Kier alpha value is -3.67. The SMILES string of the molecule is CNc1nc(Nc2cc(/C=C/C(=O)N3CCOCC3)cc3c2cnn3C)ncc1C(F)(F)F. The van der Waals surface area contributed by atoms with E-state index in [-0.39, 0.29) is 17.7 Å². The molecule has 12 heteroatoms. The molecule has 2 N–H and O–H groups in total. The van der Waals surface area contributed by atoms with Gasteiger partial charge in [-0.2, -0.15) is 23.3 Å². The van der Waals surface area contributed by atoms with Gasteiger partial charge in [-0.1, -0.05) is 0 Å². The molecule has 2 aromatic heterocycles. The fraction of sp³-hybridized carbons (Fsp3) is 0.333. The second-order valence-corrected chi connectivity index (χ2v) is 7.37. The molecule has 0 aliphatic carbocycles. The molecule has 9 nitrogen and oxygen atoms in total. The van der Waals surface area contributed by atoms with E-state index >= 15 is 0 Å². The van der Waals surface area contributed by atoms with Gasteiger partial charge in [0.1, 0.15) is 11.4 Å². The van der Waals surface area contributed by atoms with Gasteiger partial charge in [0, 0.05) is 44.8 Å². The van der Waals surface area contributed by atoms with Gasteiger partial charge in [0.05, 0.1) is 30.6 Å². The van der Waals surface area contributed by atoms with Crippen LogP contribution in [-0.4, -0.2) is 63.9 Å². The molecule has 3 aromatic rings. The molecule has 0 unspecified atom stereocenters. The highest BCUT2D eigenvalue weighted by Crippen LogP contribution is 2.34. The first-order valence-electron chi connectivity index (χ1n) is 10.2. The Morgan fingerprint density at radius 1 is 1.21 bits per heavy atom. The van der Waals surface area contributed by atoms with E-state index in [4.69, 9.17) is 4.74 Å². The lowest BCUT2D eigenvalue weighted by Gasteiger charge is -2.25. The lowest BCUT2D eigenvalue weighted by molar-refractivity contribution is -0.137. The maximum absolute atomic E-state index is 13.1. The van der Waals surface area contributed by atoms with Crippen molar-refractivity contribution in [1.29, 1.82) is 0 Å². The van der Waals surface area contributed by atoms with Crippen molar-refractivity contribution in [2.24, 2.45) is 7.05 Å². The van der Waals surface area contributed by atoms with Crippen molar-refractivity contribution in [3.05, 3.63) is 41.7 Å². The summed E-state index contributed by atoms with van der Waals surface area (Å²) in [6.07, 6.45) is 0.952. The minimum absolute atomic E-state index is 0.0111. The van der Waals surface area contributed by atoms with E-state index in [0.29, 0.717) is 37.6 Å². The quantitative estimate of drug-likeness (QED) is 0.564. The number of anilines is 3. The number of carbonyl (C=O) groups is 1. The standard InChI is InChI=1S/C21H22F3N7O2/c1-25-19-15(21(22,23)24)12-26-20(29-19)28-16-9-13(10-17-14(16)11-27-30(17)2)3-4-18(32)31-5-7-33-8-6-31/h3-4,9-12H,5-8H2,1-2H3,(H2,25,26,28,29)/b4-3+. The molecule has 0 bridgehead atoms. The number of morpholine rings is 1. The number of benzene rings is 1. The molecule has 0 radical (unpaired) electrons. The van der Waals surface area contributed by atoms with Crippen LogP contribution in [0.2, 0.25) is 0 Å². The number of ether oxygens (including phenoxy) is 1. The fourth-order valence-electron chi connectivity index (χ4n) is 3.49. The third-order valence-corrected chi connectivity index (χ3v) is 5.21. The summed E-state index contributed by atoms with van der Waals surface area (Å²) < 4.78 is 46.4. The van der Waals surface area contributed by atoms with Crippen LogP contribution in [0.5, 0.6) is 0 Å². The third-order valence-electron chi connectivity index (χ3n) is 5.21. The molecule has 1 amide bonds. The molecule has 1 aromatic carbocycles. The number of amides is 1. The summed E-state index contributed by atoms with van der Waals surface area (Å²) in [5.74, 6) is -0.472. The number of aryl methyl sites for hydroxylation is 1. The molecule has 0 atom stereocenters. The molecule has 0 saturated carbocycles. The molecule has 1 aliphatic rings. The normalized spacial score (nSPS) is 14.8. The monoisotopic (exact) mass is 461 g/mol. The fourth-order valence-corrected chi connectivity index (χ4v) is 3.49. The molecular formula is C21H22F3N7O2. The van der Waals surface area contributed by atoms with Gasteiger partial charge in [-0.05, 0) is 23.8 Å². The Kier molecular flexibility index (Phi) is 6.18. The van der Waals surface area contributed by atoms with Crippen molar-refractivity contribution >= 4 is 40.3 Å². The minimum atomic E-state index is -4.58. The Balaban J connectivity index is 1.65. The highest BCUT2D eigenvalue weighted by atomic mass is 19.4. The smallest absolute Gasteiger partial charge is 0.378 e. The first-order valence-corrected chi connectivity index (χ1v) is 10.2. The number of aromatic nitrogens is 4. The van der Waals surface area contributed by atoms with Crippen LogP contribution in [0, 0.1) is 0 Å². The summed E-state index contributed by atoms with van der Waals surface area (Å²) in [5.41, 5.74) is 1.05. The molecule has 4 rings (SSSR count). The van der Waals surface area contributed by atoms with Gasteiger partial charge in [-0.3, -0.25) is 9.48 Å². The number of hydrogen-bond acceptors (Lipinski definition) is 7. The van der Waals surface area contributed by atoms with Crippen molar-refractivity contribution in [2.75, 3.05) is 44.0 Å². The summed E-state index contributed by atoms with van der Waals surface area (Å²) in [5, 5.41) is 10.4. The number of halogens is 3. The average molecular weight is 461 g/mol. The summed E-state index contributed by atoms with van der Waals surface area (Å²) in [7, 11) is 3.13. The van der Waals surface area contributed by atoms with Gasteiger partial charge in [-0.25, -0.2) is 4.98 Å². The van der Waals surface area contributed by atoms with Crippen LogP contribution in [-0.2, 0) is 22.8 Å². The van der Waals surface area contributed by atoms with E-state index in [1.165, 1.54) is 13.1 Å². The summed E-state index contributed by atoms with van der Waals surface area (Å²) >= 11 is 0. The van der Waals surface area contributed by atoms with E-state index < -0.39 is 11.7 Å². The van der Waals surface area contributed by atoms with Gasteiger partial charge < -0.3 is 20.3 Å². The van der Waals surface area contributed by atoms with Crippen molar-refractivity contribution in [1.82, 2.24) is 24.6 Å². The van der Waals surface area contributed by atoms with Crippen LogP contribution in [0.15, 0.2) is 30.6 Å². The van der Waals surface area contributed by atoms with Crippen LogP contribution >= 0.6 is 0 Å². The van der Waals surface area contributed by atoms with E-state index in [9.17, 15) is 18.0 Å². The van der Waals surface area contributed by atoms with Gasteiger partial charge in [-0.15, -0.1) is 0 Å². The maximum atomic E-state index is 13.1. The molecule has 174 valence electrons. The number of carbonyl (C=O) groups excluding carboxylic acids is 1. The molecular weight excluding hydrogens is 439 g/mol. The molecule has 1 aliphatic heterocycles. The van der Waals surface area contributed by atoms with E-state index in [1.54, 1.807) is 35.0 Å². The molecule has 0 spiro atoms. The van der Waals surface area contributed by atoms with Crippen LogP contribution in [0.1, 0.15) is 11.1 Å². The second kappa shape index (κ2) is 9.06. The average Bonchev–Trinajstić information content (AvgIpc) is 3.18. The number of hydrogen-bond donors (Lipinski definition) is 2. The van der Waals surface area contributed by atoms with Crippen LogP contribution in [0.25, 0.3) is 17.0 Å². The highest BCUT2D eigenvalue weighted by Gasteiger charge is 2.35. The van der Waals surface area contributed by atoms with Crippen molar-refractivity contribution in [2.45, 2.75) is 6.18 Å². The largest absolute Gasteiger partial charge is 0.421 e. The lowest BCUT2D eigenvalue weighted by Crippen LogP contribution is -2.39. The van der Waals surface area contributed by atoms with Crippen LogP contribution in [0.3, 0.4) is 0 Å². The lowest BCUT2D eigenvalue weighted by atomic mass is 10.1. The first-order chi connectivity index (χ1) is 15.8. The van der Waals surface area contributed by atoms with Gasteiger partial charge in [0.15, 0.2) is 0 Å². The number of nitrogens with zero attached hydrogens (tertiary/aromatic N) is 5. The van der Waals surface area contributed by atoms with E-state index in [0.717, 1.165) is 17.1 Å². The molecule has 1 saturated heterocycles. The molecule has 3 heterocycles. The van der Waals surface area contributed by atoms with Gasteiger partial charge >= 0.3 is 6.18 Å².